The maximum absolute atomic E-state index is 12.0. The van der Waals surface area contributed by atoms with Crippen LogP contribution in [0.4, 0.5) is 0 Å². The molecule has 0 spiro atoms. The predicted molar refractivity (Wildman–Crippen MR) is 71.9 cm³/mol. The van der Waals surface area contributed by atoms with Gasteiger partial charge in [0.05, 0.1) is 0 Å². The largest absolute Gasteiger partial charge is 0.360 e. The molecule has 1 aromatic carbocycles. The molecule has 1 aliphatic rings. The fraction of sp³-hybridized carbons (Fsp3) is 0.333. The van der Waals surface area contributed by atoms with Crippen molar-refractivity contribution in [1.29, 1.82) is 0 Å². The summed E-state index contributed by atoms with van der Waals surface area (Å²) in [6.45, 7) is 1.84. The standard InChI is InChI=1S/C12H12BrNOS/c13-10-5-3-9(4-6-10)11(15)12(16)14-7-1-2-8-14/h3-6H,1-2,7-8H2. The van der Waals surface area contributed by atoms with E-state index in [1.165, 1.54) is 0 Å². The second-order valence-electron chi connectivity index (χ2n) is 3.84. The molecule has 4 heteroatoms. The molecule has 0 radical (unpaired) electrons. The lowest BCUT2D eigenvalue weighted by Crippen LogP contribution is -2.32. The second kappa shape index (κ2) is 5.06. The molecule has 1 aliphatic heterocycles. The Bertz CT molecular complexity index is 410. The van der Waals surface area contributed by atoms with Crippen LogP contribution in [0, 0.1) is 0 Å². The maximum atomic E-state index is 12.0. The second-order valence-corrected chi connectivity index (χ2v) is 5.14. The van der Waals surface area contributed by atoms with Gasteiger partial charge >= 0.3 is 0 Å². The third kappa shape index (κ3) is 2.50. The Hall–Kier alpha value is -0.740. The first-order chi connectivity index (χ1) is 7.68. The van der Waals surface area contributed by atoms with Crippen LogP contribution in [0.2, 0.25) is 0 Å². The Kier molecular flexibility index (Phi) is 3.71. The highest BCUT2D eigenvalue weighted by Crippen LogP contribution is 2.14. The Morgan fingerprint density at radius 3 is 2.31 bits per heavy atom. The van der Waals surface area contributed by atoms with E-state index in [0.29, 0.717) is 10.6 Å². The van der Waals surface area contributed by atoms with Gasteiger partial charge < -0.3 is 4.90 Å². The number of hydrogen-bond donors (Lipinski definition) is 0. The Morgan fingerprint density at radius 2 is 1.75 bits per heavy atom. The van der Waals surface area contributed by atoms with Gasteiger partial charge in [-0.25, -0.2) is 0 Å². The SMILES string of the molecule is O=C(C(=S)N1CCCC1)c1ccc(Br)cc1. The topological polar surface area (TPSA) is 20.3 Å². The Balaban J connectivity index is 2.12. The zero-order valence-electron chi connectivity index (χ0n) is 8.78. The minimum absolute atomic E-state index is 0.0376. The summed E-state index contributed by atoms with van der Waals surface area (Å²) in [6.07, 6.45) is 2.27. The molecule has 0 unspecified atom stereocenters. The van der Waals surface area contributed by atoms with Crippen LogP contribution in [0.25, 0.3) is 0 Å². The molecule has 16 heavy (non-hydrogen) atoms. The summed E-state index contributed by atoms with van der Waals surface area (Å²) in [6, 6.07) is 7.32. The van der Waals surface area contributed by atoms with Crippen LogP contribution >= 0.6 is 28.1 Å². The average molecular weight is 298 g/mol. The van der Waals surface area contributed by atoms with Crippen molar-refractivity contribution in [3.05, 3.63) is 34.3 Å². The van der Waals surface area contributed by atoms with Gasteiger partial charge in [0, 0.05) is 23.1 Å². The van der Waals surface area contributed by atoms with Crippen molar-refractivity contribution in [2.45, 2.75) is 12.8 Å². The molecule has 1 fully saturated rings. The number of thiocarbonyl (C=S) groups is 1. The van der Waals surface area contributed by atoms with E-state index in [-0.39, 0.29) is 5.78 Å². The number of nitrogens with zero attached hydrogens (tertiary/aromatic N) is 1. The van der Waals surface area contributed by atoms with Gasteiger partial charge in [-0.05, 0) is 37.1 Å². The molecule has 0 aliphatic carbocycles. The van der Waals surface area contributed by atoms with Gasteiger partial charge in [0.15, 0.2) is 4.99 Å². The van der Waals surface area contributed by atoms with Crippen LogP contribution in [-0.4, -0.2) is 28.8 Å². The number of hydrogen-bond acceptors (Lipinski definition) is 2. The molecular weight excluding hydrogens is 286 g/mol. The number of halogens is 1. The van der Waals surface area contributed by atoms with E-state index in [2.05, 4.69) is 15.9 Å². The van der Waals surface area contributed by atoms with Gasteiger partial charge in [-0.2, -0.15) is 0 Å². The monoisotopic (exact) mass is 297 g/mol. The maximum Gasteiger partial charge on any atom is 0.220 e. The van der Waals surface area contributed by atoms with Crippen molar-refractivity contribution in [1.82, 2.24) is 4.90 Å². The van der Waals surface area contributed by atoms with Crippen molar-refractivity contribution >= 4 is 38.9 Å². The molecular formula is C12H12BrNOS. The average Bonchev–Trinajstić information content (AvgIpc) is 2.81. The molecule has 1 aromatic rings. The smallest absolute Gasteiger partial charge is 0.220 e. The summed E-state index contributed by atoms with van der Waals surface area (Å²) in [5.74, 6) is -0.0376. The van der Waals surface area contributed by atoms with Gasteiger partial charge in [0.2, 0.25) is 5.78 Å². The van der Waals surface area contributed by atoms with Crippen LogP contribution < -0.4 is 0 Å². The third-order valence-electron chi connectivity index (χ3n) is 2.69. The lowest BCUT2D eigenvalue weighted by atomic mass is 10.1. The molecule has 0 atom stereocenters. The van der Waals surface area contributed by atoms with E-state index in [0.717, 1.165) is 30.4 Å². The van der Waals surface area contributed by atoms with Crippen molar-refractivity contribution in [3.63, 3.8) is 0 Å². The Labute approximate surface area is 109 Å². The lowest BCUT2D eigenvalue weighted by molar-refractivity contribution is 0.105. The van der Waals surface area contributed by atoms with Crippen LogP contribution in [0.15, 0.2) is 28.7 Å². The van der Waals surface area contributed by atoms with E-state index in [1.807, 2.05) is 17.0 Å². The fourth-order valence-corrected chi connectivity index (χ4v) is 2.35. The first-order valence-corrected chi connectivity index (χ1v) is 6.48. The van der Waals surface area contributed by atoms with E-state index in [1.54, 1.807) is 12.1 Å². The van der Waals surface area contributed by atoms with Gasteiger partial charge in [-0.1, -0.05) is 28.1 Å². The summed E-state index contributed by atoms with van der Waals surface area (Å²) in [7, 11) is 0. The third-order valence-corrected chi connectivity index (χ3v) is 3.67. The van der Waals surface area contributed by atoms with Gasteiger partial charge in [-0.15, -0.1) is 0 Å². The number of ketones is 1. The van der Waals surface area contributed by atoms with Gasteiger partial charge in [0.1, 0.15) is 0 Å². The molecule has 1 saturated heterocycles. The normalized spacial score (nSPS) is 15.2. The van der Waals surface area contributed by atoms with Crippen LogP contribution in [0.5, 0.6) is 0 Å². The minimum Gasteiger partial charge on any atom is -0.360 e. The van der Waals surface area contributed by atoms with Gasteiger partial charge in [-0.3, -0.25) is 4.79 Å². The van der Waals surface area contributed by atoms with Crippen LogP contribution in [0.1, 0.15) is 23.2 Å². The number of Topliss-reactive ketones (excluding diaryl/α,β-unsaturated/α-hetero) is 1. The highest BCUT2D eigenvalue weighted by atomic mass is 79.9. The molecule has 1 heterocycles. The van der Waals surface area contributed by atoms with Crippen molar-refractivity contribution < 1.29 is 4.79 Å². The first-order valence-electron chi connectivity index (χ1n) is 5.27. The molecule has 0 amide bonds. The molecule has 0 aromatic heterocycles. The minimum atomic E-state index is -0.0376. The number of carbonyl (C=O) groups excluding carboxylic acids is 1. The molecule has 84 valence electrons. The van der Waals surface area contributed by atoms with E-state index < -0.39 is 0 Å². The summed E-state index contributed by atoms with van der Waals surface area (Å²) >= 11 is 8.56. The lowest BCUT2D eigenvalue weighted by Gasteiger charge is -2.17. The summed E-state index contributed by atoms with van der Waals surface area (Å²) < 4.78 is 0.969. The van der Waals surface area contributed by atoms with Crippen LogP contribution in [0.3, 0.4) is 0 Å². The van der Waals surface area contributed by atoms with Gasteiger partial charge in [0.25, 0.3) is 0 Å². The zero-order chi connectivity index (χ0) is 11.5. The highest BCUT2D eigenvalue weighted by Gasteiger charge is 2.21. The molecule has 2 nitrogen and oxygen atoms in total. The predicted octanol–water partition coefficient (Wildman–Crippen LogP) is 3.06. The number of carbonyl (C=O) groups is 1. The van der Waals surface area contributed by atoms with Crippen LogP contribution in [-0.2, 0) is 0 Å². The molecule has 2 rings (SSSR count). The highest BCUT2D eigenvalue weighted by molar-refractivity contribution is 9.10. The molecule has 0 N–H and O–H groups in total. The molecule has 0 bridgehead atoms. The van der Waals surface area contributed by atoms with Crippen molar-refractivity contribution in [2.75, 3.05) is 13.1 Å². The number of benzene rings is 1. The van der Waals surface area contributed by atoms with Crippen molar-refractivity contribution in [3.8, 4) is 0 Å². The Morgan fingerprint density at radius 1 is 1.19 bits per heavy atom. The summed E-state index contributed by atoms with van der Waals surface area (Å²) in [5, 5.41) is 0. The quantitative estimate of drug-likeness (QED) is 0.618. The molecule has 0 saturated carbocycles. The fourth-order valence-electron chi connectivity index (χ4n) is 1.79. The summed E-state index contributed by atoms with van der Waals surface area (Å²) in [4.78, 5) is 14.5. The first kappa shape index (κ1) is 11.7. The van der Waals surface area contributed by atoms with E-state index in [9.17, 15) is 4.79 Å². The van der Waals surface area contributed by atoms with E-state index >= 15 is 0 Å². The van der Waals surface area contributed by atoms with Crippen molar-refractivity contribution in [2.24, 2.45) is 0 Å². The van der Waals surface area contributed by atoms with E-state index in [4.69, 9.17) is 12.2 Å². The summed E-state index contributed by atoms with van der Waals surface area (Å²) in [5.41, 5.74) is 0.667. The number of likely N-dealkylation sites (tertiary alicyclic amines) is 1. The number of rotatable bonds is 2. The zero-order valence-corrected chi connectivity index (χ0v) is 11.2.